The molecule has 0 spiro atoms. The molecule has 32 heavy (non-hydrogen) atoms. The van der Waals surface area contributed by atoms with E-state index in [2.05, 4.69) is 10.6 Å². The van der Waals surface area contributed by atoms with Crippen molar-refractivity contribution in [3.8, 4) is 0 Å². The number of carbonyl (C=O) groups excluding carboxylic acids is 2. The standard InChI is InChI=1S/C24H22F3N3O2/c1-30(2)23(32)17-12-10-16(11-13-17)15-28-22(31)20-8-3-4-9-21(20)29-19-7-5-6-18(14-19)24(25,26)27/h3-14,29H,15H2,1-2H3,(H,28,31). The van der Waals surface area contributed by atoms with Crippen LogP contribution < -0.4 is 10.6 Å². The molecule has 3 rings (SSSR count). The number of anilines is 2. The molecule has 166 valence electrons. The van der Waals surface area contributed by atoms with Gasteiger partial charge < -0.3 is 15.5 Å². The van der Waals surface area contributed by atoms with E-state index in [4.69, 9.17) is 0 Å². The van der Waals surface area contributed by atoms with Crippen molar-refractivity contribution in [1.82, 2.24) is 10.2 Å². The van der Waals surface area contributed by atoms with Gasteiger partial charge in [-0.2, -0.15) is 13.2 Å². The van der Waals surface area contributed by atoms with Crippen molar-refractivity contribution >= 4 is 23.2 Å². The van der Waals surface area contributed by atoms with Gasteiger partial charge in [0, 0.05) is 31.9 Å². The second-order valence-electron chi connectivity index (χ2n) is 7.33. The number of nitrogens with one attached hydrogen (secondary N) is 2. The lowest BCUT2D eigenvalue weighted by Gasteiger charge is -2.14. The molecule has 0 saturated heterocycles. The number of nitrogens with zero attached hydrogens (tertiary/aromatic N) is 1. The average Bonchev–Trinajstić information content (AvgIpc) is 2.77. The van der Waals surface area contributed by atoms with Crippen molar-refractivity contribution in [2.24, 2.45) is 0 Å². The molecule has 0 fully saturated rings. The molecule has 5 nitrogen and oxygen atoms in total. The molecule has 0 radical (unpaired) electrons. The van der Waals surface area contributed by atoms with Crippen molar-refractivity contribution in [3.05, 3.63) is 95.1 Å². The van der Waals surface area contributed by atoms with E-state index in [1.165, 1.54) is 17.0 Å². The Morgan fingerprint density at radius 3 is 2.25 bits per heavy atom. The normalized spacial score (nSPS) is 11.0. The summed E-state index contributed by atoms with van der Waals surface area (Å²) >= 11 is 0. The quantitative estimate of drug-likeness (QED) is 0.561. The van der Waals surface area contributed by atoms with Gasteiger partial charge in [-0.25, -0.2) is 0 Å². The van der Waals surface area contributed by atoms with E-state index in [9.17, 15) is 22.8 Å². The van der Waals surface area contributed by atoms with Crippen molar-refractivity contribution in [1.29, 1.82) is 0 Å². The minimum atomic E-state index is -4.46. The number of amides is 2. The van der Waals surface area contributed by atoms with Crippen LogP contribution in [-0.4, -0.2) is 30.8 Å². The number of halogens is 3. The van der Waals surface area contributed by atoms with Gasteiger partial charge in [0.05, 0.1) is 16.8 Å². The molecule has 0 atom stereocenters. The third kappa shape index (κ3) is 5.66. The first-order chi connectivity index (χ1) is 15.1. The van der Waals surface area contributed by atoms with Crippen molar-refractivity contribution in [2.75, 3.05) is 19.4 Å². The number of benzene rings is 3. The Kier molecular flexibility index (Phi) is 6.82. The van der Waals surface area contributed by atoms with E-state index in [1.807, 2.05) is 0 Å². The van der Waals surface area contributed by atoms with Crippen LogP contribution in [0.25, 0.3) is 0 Å². The maximum atomic E-state index is 13.0. The second-order valence-corrected chi connectivity index (χ2v) is 7.33. The molecule has 0 unspecified atom stereocenters. The van der Waals surface area contributed by atoms with E-state index in [-0.39, 0.29) is 24.0 Å². The Morgan fingerprint density at radius 2 is 1.59 bits per heavy atom. The lowest BCUT2D eigenvalue weighted by molar-refractivity contribution is -0.137. The van der Waals surface area contributed by atoms with Crippen molar-refractivity contribution < 1.29 is 22.8 Å². The summed E-state index contributed by atoms with van der Waals surface area (Å²) in [6.45, 7) is 0.229. The lowest BCUT2D eigenvalue weighted by atomic mass is 10.1. The van der Waals surface area contributed by atoms with E-state index >= 15 is 0 Å². The van der Waals surface area contributed by atoms with Crippen molar-refractivity contribution in [3.63, 3.8) is 0 Å². The summed E-state index contributed by atoms with van der Waals surface area (Å²) in [5, 5.41) is 5.69. The zero-order chi connectivity index (χ0) is 23.3. The molecule has 2 amide bonds. The molecule has 0 heterocycles. The van der Waals surface area contributed by atoms with Crippen LogP contribution in [0.1, 0.15) is 31.8 Å². The molecule has 3 aromatic carbocycles. The zero-order valence-corrected chi connectivity index (χ0v) is 17.5. The van der Waals surface area contributed by atoms with Gasteiger partial charge in [-0.1, -0.05) is 30.3 Å². The fourth-order valence-corrected chi connectivity index (χ4v) is 3.02. The van der Waals surface area contributed by atoms with Gasteiger partial charge in [0.2, 0.25) is 0 Å². The molecule has 0 aromatic heterocycles. The summed E-state index contributed by atoms with van der Waals surface area (Å²) in [7, 11) is 3.34. The Morgan fingerprint density at radius 1 is 0.906 bits per heavy atom. The van der Waals surface area contributed by atoms with E-state index < -0.39 is 11.7 Å². The second kappa shape index (κ2) is 9.55. The number of alkyl halides is 3. The number of hydrogen-bond acceptors (Lipinski definition) is 3. The monoisotopic (exact) mass is 441 g/mol. The third-order valence-electron chi connectivity index (χ3n) is 4.70. The van der Waals surface area contributed by atoms with Gasteiger partial charge in [0.25, 0.3) is 11.8 Å². The fraction of sp³-hybridized carbons (Fsp3) is 0.167. The highest BCUT2D eigenvalue weighted by molar-refractivity contribution is 6.00. The Labute approximate surface area is 183 Å². The van der Waals surface area contributed by atoms with Crippen LogP contribution in [0.2, 0.25) is 0 Å². The Hall–Kier alpha value is -3.81. The zero-order valence-electron chi connectivity index (χ0n) is 17.5. The highest BCUT2D eigenvalue weighted by Gasteiger charge is 2.30. The molecule has 0 aliphatic rings. The molecular weight excluding hydrogens is 419 g/mol. The molecule has 0 bridgehead atoms. The summed E-state index contributed by atoms with van der Waals surface area (Å²) < 4.78 is 38.9. The number of rotatable bonds is 6. The van der Waals surface area contributed by atoms with Crippen LogP contribution >= 0.6 is 0 Å². The smallest absolute Gasteiger partial charge is 0.355 e. The predicted molar refractivity (Wildman–Crippen MR) is 117 cm³/mol. The van der Waals surface area contributed by atoms with Crippen LogP contribution in [-0.2, 0) is 12.7 Å². The van der Waals surface area contributed by atoms with Crippen LogP contribution in [0.15, 0.2) is 72.8 Å². The Bertz CT molecular complexity index is 1110. The maximum Gasteiger partial charge on any atom is 0.416 e. The largest absolute Gasteiger partial charge is 0.416 e. The molecule has 0 aliphatic carbocycles. The molecule has 8 heteroatoms. The summed E-state index contributed by atoms with van der Waals surface area (Å²) in [6.07, 6.45) is -4.46. The predicted octanol–water partition coefficient (Wildman–Crippen LogP) is 5.08. The summed E-state index contributed by atoms with van der Waals surface area (Å²) in [4.78, 5) is 26.2. The Balaban J connectivity index is 1.70. The minimum Gasteiger partial charge on any atom is -0.355 e. The lowest BCUT2D eigenvalue weighted by Crippen LogP contribution is -2.24. The minimum absolute atomic E-state index is 0.116. The van der Waals surface area contributed by atoms with Gasteiger partial charge >= 0.3 is 6.18 Å². The van der Waals surface area contributed by atoms with Crippen LogP contribution in [0.4, 0.5) is 24.5 Å². The average molecular weight is 441 g/mol. The first-order valence-corrected chi connectivity index (χ1v) is 9.77. The summed E-state index contributed by atoms with van der Waals surface area (Å²) in [6, 6.07) is 18.2. The number of hydrogen-bond donors (Lipinski definition) is 2. The first-order valence-electron chi connectivity index (χ1n) is 9.77. The molecular formula is C24H22F3N3O2. The van der Waals surface area contributed by atoms with Crippen LogP contribution in [0, 0.1) is 0 Å². The fourth-order valence-electron chi connectivity index (χ4n) is 3.02. The van der Waals surface area contributed by atoms with Gasteiger partial charge in [-0.3, -0.25) is 9.59 Å². The van der Waals surface area contributed by atoms with Gasteiger partial charge in [0.15, 0.2) is 0 Å². The van der Waals surface area contributed by atoms with Crippen molar-refractivity contribution in [2.45, 2.75) is 12.7 Å². The summed E-state index contributed by atoms with van der Waals surface area (Å²) in [5.74, 6) is -0.497. The van der Waals surface area contributed by atoms with Gasteiger partial charge in [-0.15, -0.1) is 0 Å². The maximum absolute atomic E-state index is 13.0. The highest BCUT2D eigenvalue weighted by atomic mass is 19.4. The van der Waals surface area contributed by atoms with Gasteiger partial charge in [0.1, 0.15) is 0 Å². The topological polar surface area (TPSA) is 61.4 Å². The summed E-state index contributed by atoms with van der Waals surface area (Å²) in [5.41, 5.74) is 1.47. The van der Waals surface area contributed by atoms with E-state index in [0.717, 1.165) is 17.7 Å². The number of para-hydroxylation sites is 1. The van der Waals surface area contributed by atoms with Crippen LogP contribution in [0.5, 0.6) is 0 Å². The van der Waals surface area contributed by atoms with E-state index in [1.54, 1.807) is 62.6 Å². The van der Waals surface area contributed by atoms with Gasteiger partial charge in [-0.05, 0) is 48.0 Å². The molecule has 2 N–H and O–H groups in total. The molecule has 0 saturated carbocycles. The number of carbonyl (C=O) groups is 2. The first kappa shape index (κ1) is 22.9. The van der Waals surface area contributed by atoms with Crippen LogP contribution in [0.3, 0.4) is 0 Å². The molecule has 3 aromatic rings. The molecule has 0 aliphatic heterocycles. The third-order valence-corrected chi connectivity index (χ3v) is 4.70. The SMILES string of the molecule is CN(C)C(=O)c1ccc(CNC(=O)c2ccccc2Nc2cccc(C(F)(F)F)c2)cc1. The highest BCUT2D eigenvalue weighted by Crippen LogP contribution is 2.31. The van der Waals surface area contributed by atoms with E-state index in [0.29, 0.717) is 16.8 Å².